The highest BCUT2D eigenvalue weighted by Gasteiger charge is 2.24. The average molecular weight is 297 g/mol. The molecular formula is C17H31NO3. The molecule has 1 N–H and O–H groups in total. The zero-order valence-corrected chi connectivity index (χ0v) is 14.0. The summed E-state index contributed by atoms with van der Waals surface area (Å²) >= 11 is 0. The summed E-state index contributed by atoms with van der Waals surface area (Å²) in [6.07, 6.45) is 7.63. The molecule has 1 fully saturated rings. The first-order valence-electron chi connectivity index (χ1n) is 8.33. The molecule has 1 rings (SSSR count). The first-order chi connectivity index (χ1) is 9.81. The number of hydrogen-bond donors (Lipinski definition) is 1. The van der Waals surface area contributed by atoms with Crippen LogP contribution in [-0.4, -0.2) is 23.5 Å². The Morgan fingerprint density at radius 3 is 2.29 bits per heavy atom. The lowest BCUT2D eigenvalue weighted by Crippen LogP contribution is -2.40. The van der Waals surface area contributed by atoms with E-state index in [9.17, 15) is 9.59 Å². The minimum Gasteiger partial charge on any atom is -0.460 e. The van der Waals surface area contributed by atoms with Crippen LogP contribution in [0.1, 0.15) is 79.1 Å². The molecule has 21 heavy (non-hydrogen) atoms. The molecule has 0 aromatic carbocycles. The van der Waals surface area contributed by atoms with Crippen LogP contribution in [0.25, 0.3) is 0 Å². The lowest BCUT2D eigenvalue weighted by atomic mass is 9.83. The SMILES string of the molecule is CCC(NC(=O)CCC(=O)OC(C)(C)C)C1CCCCC1. The van der Waals surface area contributed by atoms with Crippen molar-refractivity contribution in [3.63, 3.8) is 0 Å². The Morgan fingerprint density at radius 2 is 1.76 bits per heavy atom. The topological polar surface area (TPSA) is 55.4 Å². The van der Waals surface area contributed by atoms with Crippen molar-refractivity contribution >= 4 is 11.9 Å². The third-order valence-electron chi connectivity index (χ3n) is 3.98. The Bertz CT molecular complexity index is 340. The summed E-state index contributed by atoms with van der Waals surface area (Å²) in [5.41, 5.74) is -0.485. The maximum atomic E-state index is 12.0. The van der Waals surface area contributed by atoms with Gasteiger partial charge in [0.2, 0.25) is 5.91 Å². The van der Waals surface area contributed by atoms with Crippen molar-refractivity contribution in [3.05, 3.63) is 0 Å². The quantitative estimate of drug-likeness (QED) is 0.762. The van der Waals surface area contributed by atoms with E-state index in [1.54, 1.807) is 0 Å². The zero-order chi connectivity index (χ0) is 15.9. The van der Waals surface area contributed by atoms with E-state index in [2.05, 4.69) is 12.2 Å². The highest BCUT2D eigenvalue weighted by atomic mass is 16.6. The highest BCUT2D eigenvalue weighted by molar-refractivity contribution is 5.81. The van der Waals surface area contributed by atoms with Gasteiger partial charge in [-0.3, -0.25) is 9.59 Å². The minimum atomic E-state index is -0.485. The maximum absolute atomic E-state index is 12.0. The number of rotatable bonds is 6. The van der Waals surface area contributed by atoms with Gasteiger partial charge >= 0.3 is 5.97 Å². The summed E-state index contributed by atoms with van der Waals surface area (Å²) in [7, 11) is 0. The second-order valence-corrected chi connectivity index (χ2v) is 7.07. The Hall–Kier alpha value is -1.06. The van der Waals surface area contributed by atoms with Gasteiger partial charge in [0.15, 0.2) is 0 Å². The number of nitrogens with one attached hydrogen (secondary N) is 1. The number of esters is 1. The molecule has 0 aromatic rings. The van der Waals surface area contributed by atoms with Crippen LogP contribution in [0.3, 0.4) is 0 Å². The van der Waals surface area contributed by atoms with Crippen LogP contribution < -0.4 is 5.32 Å². The molecule has 0 spiro atoms. The molecule has 0 aliphatic heterocycles. The van der Waals surface area contributed by atoms with Gasteiger partial charge in [-0.25, -0.2) is 0 Å². The number of carbonyl (C=O) groups excluding carboxylic acids is 2. The van der Waals surface area contributed by atoms with Crippen molar-refractivity contribution in [3.8, 4) is 0 Å². The molecule has 0 bridgehead atoms. The Balaban J connectivity index is 2.32. The number of carbonyl (C=O) groups is 2. The van der Waals surface area contributed by atoms with Gasteiger partial charge in [-0.05, 0) is 46.0 Å². The van der Waals surface area contributed by atoms with E-state index < -0.39 is 5.60 Å². The molecule has 122 valence electrons. The molecule has 1 aliphatic rings. The maximum Gasteiger partial charge on any atom is 0.306 e. The molecule has 0 radical (unpaired) electrons. The molecule has 0 heterocycles. The molecule has 1 aliphatic carbocycles. The monoisotopic (exact) mass is 297 g/mol. The molecule has 0 aromatic heterocycles. The number of amides is 1. The lowest BCUT2D eigenvalue weighted by molar-refractivity contribution is -0.155. The van der Waals surface area contributed by atoms with E-state index in [1.807, 2.05) is 20.8 Å². The van der Waals surface area contributed by atoms with Crippen LogP contribution in [0.2, 0.25) is 0 Å². The lowest BCUT2D eigenvalue weighted by Gasteiger charge is -2.30. The Labute approximate surface area is 129 Å². The third-order valence-corrected chi connectivity index (χ3v) is 3.98. The fourth-order valence-corrected chi connectivity index (χ4v) is 2.98. The standard InChI is InChI=1S/C17H31NO3/c1-5-14(13-9-7-6-8-10-13)18-15(19)11-12-16(20)21-17(2,3)4/h13-14H,5-12H2,1-4H3,(H,18,19). The van der Waals surface area contributed by atoms with Gasteiger partial charge in [0.1, 0.15) is 5.60 Å². The Kier molecular flexibility index (Phi) is 7.20. The van der Waals surface area contributed by atoms with E-state index in [4.69, 9.17) is 4.74 Å². The number of hydrogen-bond acceptors (Lipinski definition) is 3. The van der Waals surface area contributed by atoms with Crippen LogP contribution >= 0.6 is 0 Å². The van der Waals surface area contributed by atoms with E-state index >= 15 is 0 Å². The summed E-state index contributed by atoms with van der Waals surface area (Å²) < 4.78 is 5.22. The van der Waals surface area contributed by atoms with Crippen LogP contribution in [0, 0.1) is 5.92 Å². The molecule has 1 unspecified atom stereocenters. The van der Waals surface area contributed by atoms with Gasteiger partial charge in [0.25, 0.3) is 0 Å². The van der Waals surface area contributed by atoms with Gasteiger partial charge < -0.3 is 10.1 Å². The summed E-state index contributed by atoms with van der Waals surface area (Å²) in [6.45, 7) is 7.62. The summed E-state index contributed by atoms with van der Waals surface area (Å²) in [5, 5.41) is 3.11. The van der Waals surface area contributed by atoms with E-state index in [1.165, 1.54) is 32.1 Å². The van der Waals surface area contributed by atoms with Crippen molar-refractivity contribution < 1.29 is 14.3 Å². The zero-order valence-electron chi connectivity index (χ0n) is 14.0. The molecule has 0 saturated heterocycles. The molecule has 4 nitrogen and oxygen atoms in total. The van der Waals surface area contributed by atoms with Crippen LogP contribution in [0.4, 0.5) is 0 Å². The average Bonchev–Trinajstić information content (AvgIpc) is 2.41. The van der Waals surface area contributed by atoms with E-state index in [0.29, 0.717) is 5.92 Å². The summed E-state index contributed by atoms with van der Waals surface area (Å²) in [5.74, 6) is 0.274. The minimum absolute atomic E-state index is 0.0294. The first-order valence-corrected chi connectivity index (χ1v) is 8.33. The van der Waals surface area contributed by atoms with Crippen LogP contribution in [0.5, 0.6) is 0 Å². The van der Waals surface area contributed by atoms with E-state index in [0.717, 1.165) is 6.42 Å². The van der Waals surface area contributed by atoms with Gasteiger partial charge in [0, 0.05) is 12.5 Å². The van der Waals surface area contributed by atoms with Crippen molar-refractivity contribution in [2.75, 3.05) is 0 Å². The second-order valence-electron chi connectivity index (χ2n) is 7.07. The number of ether oxygens (including phenoxy) is 1. The highest BCUT2D eigenvalue weighted by Crippen LogP contribution is 2.27. The molecule has 1 saturated carbocycles. The molecule has 1 amide bonds. The molecule has 4 heteroatoms. The predicted octanol–water partition coefficient (Wildman–Crippen LogP) is 3.58. The first kappa shape index (κ1) is 18.0. The fourth-order valence-electron chi connectivity index (χ4n) is 2.98. The normalized spacial score (nSPS) is 18.1. The van der Waals surface area contributed by atoms with Gasteiger partial charge in [0.05, 0.1) is 6.42 Å². The van der Waals surface area contributed by atoms with Crippen molar-refractivity contribution in [1.29, 1.82) is 0 Å². The van der Waals surface area contributed by atoms with Gasteiger partial charge in [-0.2, -0.15) is 0 Å². The van der Waals surface area contributed by atoms with Crippen molar-refractivity contribution in [2.45, 2.75) is 90.7 Å². The predicted molar refractivity (Wildman–Crippen MR) is 83.9 cm³/mol. The summed E-state index contributed by atoms with van der Waals surface area (Å²) in [4.78, 5) is 23.6. The van der Waals surface area contributed by atoms with Gasteiger partial charge in [-0.15, -0.1) is 0 Å². The third kappa shape index (κ3) is 7.49. The van der Waals surface area contributed by atoms with Gasteiger partial charge in [-0.1, -0.05) is 26.2 Å². The van der Waals surface area contributed by atoms with Crippen LogP contribution in [0.15, 0.2) is 0 Å². The smallest absolute Gasteiger partial charge is 0.306 e. The second kappa shape index (κ2) is 8.40. The molecular weight excluding hydrogens is 266 g/mol. The van der Waals surface area contributed by atoms with Crippen LogP contribution in [-0.2, 0) is 14.3 Å². The Morgan fingerprint density at radius 1 is 1.14 bits per heavy atom. The summed E-state index contributed by atoms with van der Waals surface area (Å²) in [6, 6.07) is 0.261. The van der Waals surface area contributed by atoms with Crippen molar-refractivity contribution in [2.24, 2.45) is 5.92 Å². The largest absolute Gasteiger partial charge is 0.460 e. The fraction of sp³-hybridized carbons (Fsp3) is 0.882. The molecule has 1 atom stereocenters. The van der Waals surface area contributed by atoms with Crippen molar-refractivity contribution in [1.82, 2.24) is 5.32 Å². The van der Waals surface area contributed by atoms with E-state index in [-0.39, 0.29) is 30.8 Å².